The first-order valence-electron chi connectivity index (χ1n) is 6.70. The summed E-state index contributed by atoms with van der Waals surface area (Å²) in [4.78, 5) is 22.8. The second kappa shape index (κ2) is 6.86. The Morgan fingerprint density at radius 2 is 1.91 bits per heavy atom. The Bertz CT molecular complexity index is 664. The zero-order chi connectivity index (χ0) is 16.1. The van der Waals surface area contributed by atoms with Crippen molar-refractivity contribution in [2.45, 2.75) is 13.0 Å². The van der Waals surface area contributed by atoms with Gasteiger partial charge in [0.1, 0.15) is 0 Å². The molecule has 22 heavy (non-hydrogen) atoms. The molecule has 2 N–H and O–H groups in total. The van der Waals surface area contributed by atoms with Crippen LogP contribution in [-0.4, -0.2) is 40.5 Å². The summed E-state index contributed by atoms with van der Waals surface area (Å²) in [5.74, 6) is -0.949. The van der Waals surface area contributed by atoms with E-state index >= 15 is 0 Å². The van der Waals surface area contributed by atoms with Gasteiger partial charge in [0, 0.05) is 24.9 Å². The SMILES string of the molecule is COC[C@H](C)n1ccc(NC(=O)c2ccc(C(=O)O)cc2)n1. The average Bonchev–Trinajstić information content (AvgIpc) is 2.96. The number of aromatic nitrogens is 2. The van der Waals surface area contributed by atoms with Crippen LogP contribution >= 0.6 is 0 Å². The van der Waals surface area contributed by atoms with Crippen LogP contribution in [0.3, 0.4) is 0 Å². The summed E-state index contributed by atoms with van der Waals surface area (Å²) >= 11 is 0. The summed E-state index contributed by atoms with van der Waals surface area (Å²) in [5, 5.41) is 15.7. The highest BCUT2D eigenvalue weighted by molar-refractivity contribution is 6.04. The summed E-state index contributed by atoms with van der Waals surface area (Å²) in [6.45, 7) is 2.47. The van der Waals surface area contributed by atoms with E-state index in [-0.39, 0.29) is 17.5 Å². The summed E-state index contributed by atoms with van der Waals surface area (Å²) in [7, 11) is 1.61. The Morgan fingerprint density at radius 1 is 1.27 bits per heavy atom. The number of aromatic carboxylic acids is 1. The molecule has 2 aromatic rings. The molecule has 1 atom stereocenters. The van der Waals surface area contributed by atoms with Crippen LogP contribution in [0, 0.1) is 0 Å². The molecule has 0 aliphatic heterocycles. The van der Waals surface area contributed by atoms with Crippen molar-refractivity contribution in [2.24, 2.45) is 0 Å². The number of methoxy groups -OCH3 is 1. The van der Waals surface area contributed by atoms with Crippen LogP contribution in [0.1, 0.15) is 33.7 Å². The maximum atomic E-state index is 12.1. The number of rotatable bonds is 6. The number of anilines is 1. The summed E-state index contributed by atoms with van der Waals surface area (Å²) in [6, 6.07) is 7.44. The van der Waals surface area contributed by atoms with Gasteiger partial charge in [0.2, 0.25) is 0 Å². The number of carboxylic acids is 1. The Kier molecular flexibility index (Phi) is 4.90. The average molecular weight is 303 g/mol. The van der Waals surface area contributed by atoms with Gasteiger partial charge in [0.25, 0.3) is 5.91 Å². The van der Waals surface area contributed by atoms with E-state index in [1.165, 1.54) is 24.3 Å². The zero-order valence-corrected chi connectivity index (χ0v) is 12.3. The van der Waals surface area contributed by atoms with Gasteiger partial charge in [-0.25, -0.2) is 4.79 Å². The smallest absolute Gasteiger partial charge is 0.335 e. The Labute approximate surface area is 127 Å². The zero-order valence-electron chi connectivity index (χ0n) is 12.3. The predicted molar refractivity (Wildman–Crippen MR) is 80.2 cm³/mol. The molecule has 0 saturated carbocycles. The standard InChI is InChI=1S/C15H17N3O4/c1-10(9-22-2)18-8-7-13(17-18)16-14(19)11-3-5-12(6-4-11)15(20)21/h3-8,10H,9H2,1-2H3,(H,20,21)(H,16,17,19)/t10-/m0/s1. The molecule has 1 aromatic carbocycles. The van der Waals surface area contributed by atoms with Gasteiger partial charge in [0.15, 0.2) is 5.82 Å². The molecule has 7 heteroatoms. The Hall–Kier alpha value is -2.67. The Balaban J connectivity index is 2.04. The van der Waals surface area contributed by atoms with Crippen LogP contribution in [0.25, 0.3) is 0 Å². The molecule has 1 amide bonds. The lowest BCUT2D eigenvalue weighted by atomic mass is 10.1. The minimum atomic E-state index is -1.03. The van der Waals surface area contributed by atoms with Crippen molar-refractivity contribution in [3.63, 3.8) is 0 Å². The monoisotopic (exact) mass is 303 g/mol. The number of nitrogens with zero attached hydrogens (tertiary/aromatic N) is 2. The largest absolute Gasteiger partial charge is 0.478 e. The molecule has 0 aliphatic rings. The van der Waals surface area contributed by atoms with Gasteiger partial charge < -0.3 is 15.2 Å². The predicted octanol–water partition coefficient (Wildman–Crippen LogP) is 2.04. The van der Waals surface area contributed by atoms with E-state index in [0.717, 1.165) is 0 Å². The van der Waals surface area contributed by atoms with Crippen LogP contribution < -0.4 is 5.32 Å². The highest BCUT2D eigenvalue weighted by Gasteiger charge is 2.11. The van der Waals surface area contributed by atoms with Crippen LogP contribution in [-0.2, 0) is 4.74 Å². The molecule has 7 nitrogen and oxygen atoms in total. The van der Waals surface area contributed by atoms with Crippen molar-refractivity contribution < 1.29 is 19.4 Å². The molecule has 116 valence electrons. The number of ether oxygens (including phenoxy) is 1. The van der Waals surface area contributed by atoms with Gasteiger partial charge in [-0.15, -0.1) is 0 Å². The lowest BCUT2D eigenvalue weighted by Gasteiger charge is -2.10. The van der Waals surface area contributed by atoms with Crippen molar-refractivity contribution in [3.8, 4) is 0 Å². The summed E-state index contributed by atoms with van der Waals surface area (Å²) < 4.78 is 6.75. The molecule has 1 heterocycles. The first-order chi connectivity index (χ1) is 10.5. The number of hydrogen-bond acceptors (Lipinski definition) is 4. The quantitative estimate of drug-likeness (QED) is 0.851. The third kappa shape index (κ3) is 3.70. The normalized spacial score (nSPS) is 11.9. The highest BCUT2D eigenvalue weighted by atomic mass is 16.5. The fourth-order valence-corrected chi connectivity index (χ4v) is 1.92. The van der Waals surface area contributed by atoms with Crippen LogP contribution in [0.5, 0.6) is 0 Å². The van der Waals surface area contributed by atoms with Gasteiger partial charge in [-0.3, -0.25) is 9.48 Å². The van der Waals surface area contributed by atoms with Crippen LogP contribution in [0.4, 0.5) is 5.82 Å². The lowest BCUT2D eigenvalue weighted by Crippen LogP contribution is -2.15. The molecule has 0 aliphatic carbocycles. The molecule has 0 spiro atoms. The van der Waals surface area contributed by atoms with Crippen molar-refractivity contribution in [1.82, 2.24) is 9.78 Å². The van der Waals surface area contributed by atoms with E-state index in [2.05, 4.69) is 10.4 Å². The second-order valence-corrected chi connectivity index (χ2v) is 4.82. The summed E-state index contributed by atoms with van der Waals surface area (Å²) in [6.07, 6.45) is 1.76. The molecule has 0 fully saturated rings. The summed E-state index contributed by atoms with van der Waals surface area (Å²) in [5.41, 5.74) is 0.499. The number of carbonyl (C=O) groups is 2. The topological polar surface area (TPSA) is 93.5 Å². The molecular weight excluding hydrogens is 286 g/mol. The first-order valence-corrected chi connectivity index (χ1v) is 6.70. The van der Waals surface area contributed by atoms with E-state index in [4.69, 9.17) is 9.84 Å². The lowest BCUT2D eigenvalue weighted by molar-refractivity contribution is 0.0696. The minimum Gasteiger partial charge on any atom is -0.478 e. The van der Waals surface area contributed by atoms with Crippen molar-refractivity contribution in [3.05, 3.63) is 47.7 Å². The van der Waals surface area contributed by atoms with Crippen molar-refractivity contribution in [1.29, 1.82) is 0 Å². The van der Waals surface area contributed by atoms with E-state index in [1.54, 1.807) is 24.1 Å². The maximum absolute atomic E-state index is 12.1. The van der Waals surface area contributed by atoms with Gasteiger partial charge >= 0.3 is 5.97 Å². The van der Waals surface area contributed by atoms with Crippen molar-refractivity contribution in [2.75, 3.05) is 19.0 Å². The molecule has 0 radical (unpaired) electrons. The highest BCUT2D eigenvalue weighted by Crippen LogP contribution is 2.11. The van der Waals surface area contributed by atoms with Gasteiger partial charge in [-0.1, -0.05) is 0 Å². The van der Waals surface area contributed by atoms with E-state index in [9.17, 15) is 9.59 Å². The van der Waals surface area contributed by atoms with E-state index in [0.29, 0.717) is 18.0 Å². The van der Waals surface area contributed by atoms with Crippen LogP contribution in [0.2, 0.25) is 0 Å². The van der Waals surface area contributed by atoms with Gasteiger partial charge in [-0.05, 0) is 31.2 Å². The van der Waals surface area contributed by atoms with Crippen molar-refractivity contribution >= 4 is 17.7 Å². The number of amides is 1. The number of carbonyl (C=O) groups excluding carboxylic acids is 1. The maximum Gasteiger partial charge on any atom is 0.335 e. The second-order valence-electron chi connectivity index (χ2n) is 4.82. The van der Waals surface area contributed by atoms with Gasteiger partial charge in [0.05, 0.1) is 18.2 Å². The van der Waals surface area contributed by atoms with Crippen LogP contribution in [0.15, 0.2) is 36.5 Å². The number of nitrogens with one attached hydrogen (secondary N) is 1. The molecule has 2 rings (SSSR count). The molecule has 0 unspecified atom stereocenters. The molecule has 0 bridgehead atoms. The minimum absolute atomic E-state index is 0.0607. The Morgan fingerprint density at radius 3 is 2.50 bits per heavy atom. The molecule has 1 aromatic heterocycles. The van der Waals surface area contributed by atoms with E-state index in [1.807, 2.05) is 6.92 Å². The molecule has 0 saturated heterocycles. The first kappa shape index (κ1) is 15.7. The fourth-order valence-electron chi connectivity index (χ4n) is 1.92. The fraction of sp³-hybridized carbons (Fsp3) is 0.267. The number of carboxylic acid groups (broad SMARTS) is 1. The van der Waals surface area contributed by atoms with Gasteiger partial charge in [-0.2, -0.15) is 5.10 Å². The third-order valence-corrected chi connectivity index (χ3v) is 3.10. The molecular formula is C15H17N3O4. The number of hydrogen-bond donors (Lipinski definition) is 2. The van der Waals surface area contributed by atoms with E-state index < -0.39 is 5.97 Å². The number of benzene rings is 1. The third-order valence-electron chi connectivity index (χ3n) is 3.10.